The molecular formula is C18H18F4N4O2S. The van der Waals surface area contributed by atoms with Crippen molar-refractivity contribution in [1.82, 2.24) is 10.3 Å². The van der Waals surface area contributed by atoms with E-state index in [1.54, 1.807) is 0 Å². The molecule has 0 aliphatic carbocycles. The Labute approximate surface area is 164 Å². The summed E-state index contributed by atoms with van der Waals surface area (Å²) in [5, 5.41) is 11.0. The van der Waals surface area contributed by atoms with Gasteiger partial charge < -0.3 is 11.1 Å². The van der Waals surface area contributed by atoms with Crippen molar-refractivity contribution in [2.45, 2.75) is 30.3 Å². The van der Waals surface area contributed by atoms with Gasteiger partial charge in [0.2, 0.25) is 0 Å². The molecule has 29 heavy (non-hydrogen) atoms. The van der Waals surface area contributed by atoms with Crippen molar-refractivity contribution in [1.29, 1.82) is 5.41 Å². The third-order valence-electron chi connectivity index (χ3n) is 5.14. The molecule has 0 bridgehead atoms. The monoisotopic (exact) mass is 430 g/mol. The molecule has 1 aromatic heterocycles. The summed E-state index contributed by atoms with van der Waals surface area (Å²) in [6.45, 7) is 2.49. The summed E-state index contributed by atoms with van der Waals surface area (Å²) in [4.78, 5) is 3.79. The molecule has 1 aromatic carbocycles. The van der Waals surface area contributed by atoms with Crippen molar-refractivity contribution < 1.29 is 26.0 Å². The lowest BCUT2D eigenvalue weighted by Gasteiger charge is -2.44. The van der Waals surface area contributed by atoms with E-state index in [9.17, 15) is 26.0 Å². The number of anilines is 1. The molecule has 1 saturated heterocycles. The Bertz CT molecular complexity index is 1100. The molecule has 3 rings (SSSR count). The second-order valence-electron chi connectivity index (χ2n) is 7.29. The van der Waals surface area contributed by atoms with Gasteiger partial charge in [0, 0.05) is 17.4 Å². The number of hydrogen-bond acceptors (Lipinski definition) is 5. The van der Waals surface area contributed by atoms with Gasteiger partial charge in [0.1, 0.15) is 11.7 Å². The SMILES string of the molecule is C[C@@]1(c2cc(C(F)(F)F)ccn2)C(=N)N[C@](C)(c2cc(N)ccc2F)CS1(=O)=O. The Morgan fingerprint density at radius 2 is 1.86 bits per heavy atom. The molecule has 2 aromatic rings. The molecule has 6 nitrogen and oxygen atoms in total. The van der Waals surface area contributed by atoms with E-state index in [0.717, 1.165) is 19.2 Å². The lowest BCUT2D eigenvalue weighted by Crippen LogP contribution is -2.63. The molecule has 156 valence electrons. The van der Waals surface area contributed by atoms with E-state index in [1.165, 1.54) is 19.1 Å². The molecule has 1 fully saturated rings. The number of hydrogen-bond donors (Lipinski definition) is 3. The van der Waals surface area contributed by atoms with E-state index in [-0.39, 0.29) is 11.3 Å². The molecular weight excluding hydrogens is 412 g/mol. The van der Waals surface area contributed by atoms with Gasteiger partial charge in [0.15, 0.2) is 14.6 Å². The number of amidine groups is 1. The number of rotatable bonds is 2. The van der Waals surface area contributed by atoms with Crippen LogP contribution >= 0.6 is 0 Å². The molecule has 1 aliphatic rings. The van der Waals surface area contributed by atoms with E-state index in [1.807, 2.05) is 0 Å². The molecule has 4 N–H and O–H groups in total. The first-order chi connectivity index (χ1) is 13.2. The fourth-order valence-corrected chi connectivity index (χ4v) is 5.45. The Kier molecular flexibility index (Phi) is 4.65. The molecule has 2 atom stereocenters. The number of nitrogens with two attached hydrogens (primary N) is 1. The first kappa shape index (κ1) is 21.0. The van der Waals surface area contributed by atoms with E-state index in [4.69, 9.17) is 11.1 Å². The summed E-state index contributed by atoms with van der Waals surface area (Å²) in [5.74, 6) is -2.02. The van der Waals surface area contributed by atoms with E-state index in [0.29, 0.717) is 12.1 Å². The van der Waals surface area contributed by atoms with Gasteiger partial charge in [-0.1, -0.05) is 0 Å². The first-order valence-electron chi connectivity index (χ1n) is 8.39. The lowest BCUT2D eigenvalue weighted by atomic mass is 9.90. The Hall–Kier alpha value is -2.69. The van der Waals surface area contributed by atoms with Crippen LogP contribution < -0.4 is 11.1 Å². The van der Waals surface area contributed by atoms with Gasteiger partial charge in [0.05, 0.1) is 22.5 Å². The number of halogens is 4. The van der Waals surface area contributed by atoms with E-state index < -0.39 is 55.0 Å². The zero-order chi connectivity index (χ0) is 21.8. The number of alkyl halides is 3. The fraction of sp³-hybridized carbons (Fsp3) is 0.333. The van der Waals surface area contributed by atoms with Gasteiger partial charge >= 0.3 is 6.18 Å². The Morgan fingerprint density at radius 3 is 2.45 bits per heavy atom. The summed E-state index contributed by atoms with van der Waals surface area (Å²) in [6, 6.07) is 4.97. The van der Waals surface area contributed by atoms with Crippen LogP contribution in [0.25, 0.3) is 0 Å². The zero-order valence-electron chi connectivity index (χ0n) is 15.4. The van der Waals surface area contributed by atoms with Crippen LogP contribution in [0.15, 0.2) is 36.5 Å². The Morgan fingerprint density at radius 1 is 1.21 bits per heavy atom. The van der Waals surface area contributed by atoms with Gasteiger partial charge in [-0.05, 0) is 44.2 Å². The molecule has 0 saturated carbocycles. The van der Waals surface area contributed by atoms with Gasteiger partial charge in [0.25, 0.3) is 0 Å². The minimum absolute atomic E-state index is 0.0649. The number of sulfone groups is 1. The predicted molar refractivity (Wildman–Crippen MR) is 99.4 cm³/mol. The van der Waals surface area contributed by atoms with Crippen LogP contribution in [0.3, 0.4) is 0 Å². The second kappa shape index (κ2) is 6.41. The zero-order valence-corrected chi connectivity index (χ0v) is 16.2. The van der Waals surface area contributed by atoms with Crippen molar-refractivity contribution in [3.8, 4) is 0 Å². The number of nitrogens with one attached hydrogen (secondary N) is 2. The normalized spacial score (nSPS) is 26.8. The third-order valence-corrected chi connectivity index (χ3v) is 7.75. The van der Waals surface area contributed by atoms with Crippen LogP contribution in [0.2, 0.25) is 0 Å². The molecule has 1 aliphatic heterocycles. The highest BCUT2D eigenvalue weighted by molar-refractivity contribution is 7.93. The van der Waals surface area contributed by atoms with Gasteiger partial charge in [-0.3, -0.25) is 10.4 Å². The van der Waals surface area contributed by atoms with Crippen molar-refractivity contribution in [3.63, 3.8) is 0 Å². The number of nitrogens with zero attached hydrogens (tertiary/aromatic N) is 1. The first-order valence-corrected chi connectivity index (χ1v) is 10.0. The van der Waals surface area contributed by atoms with E-state index >= 15 is 0 Å². The highest BCUT2D eigenvalue weighted by Crippen LogP contribution is 2.41. The summed E-state index contributed by atoms with van der Waals surface area (Å²) < 4.78 is 77.9. The molecule has 0 unspecified atom stereocenters. The lowest BCUT2D eigenvalue weighted by molar-refractivity contribution is -0.137. The Balaban J connectivity index is 2.13. The average Bonchev–Trinajstić information content (AvgIpc) is 2.60. The molecule has 11 heteroatoms. The second-order valence-corrected chi connectivity index (χ2v) is 9.63. The molecule has 0 amide bonds. The minimum Gasteiger partial charge on any atom is -0.399 e. The van der Waals surface area contributed by atoms with Crippen molar-refractivity contribution in [2.24, 2.45) is 0 Å². The van der Waals surface area contributed by atoms with Crippen molar-refractivity contribution in [3.05, 3.63) is 59.2 Å². The molecule has 2 heterocycles. The number of benzene rings is 1. The fourth-order valence-electron chi connectivity index (χ4n) is 3.38. The molecule has 0 spiro atoms. The van der Waals surface area contributed by atoms with Crippen molar-refractivity contribution >= 4 is 21.4 Å². The van der Waals surface area contributed by atoms with Crippen LogP contribution in [0.1, 0.15) is 30.7 Å². The summed E-state index contributed by atoms with van der Waals surface area (Å²) in [7, 11) is -4.30. The summed E-state index contributed by atoms with van der Waals surface area (Å²) in [5.41, 5.74) is 2.74. The highest BCUT2D eigenvalue weighted by atomic mass is 32.2. The predicted octanol–water partition coefficient (Wildman–Crippen LogP) is 2.95. The van der Waals surface area contributed by atoms with Crippen LogP contribution in [0, 0.1) is 11.2 Å². The van der Waals surface area contributed by atoms with Gasteiger partial charge in [-0.25, -0.2) is 12.8 Å². The van der Waals surface area contributed by atoms with Gasteiger partial charge in [-0.15, -0.1) is 0 Å². The van der Waals surface area contributed by atoms with Gasteiger partial charge in [-0.2, -0.15) is 13.2 Å². The van der Waals surface area contributed by atoms with E-state index in [2.05, 4.69) is 10.3 Å². The summed E-state index contributed by atoms with van der Waals surface area (Å²) >= 11 is 0. The highest BCUT2D eigenvalue weighted by Gasteiger charge is 2.56. The third kappa shape index (κ3) is 3.33. The smallest absolute Gasteiger partial charge is 0.399 e. The number of nitrogen functional groups attached to an aromatic ring is 1. The maximum Gasteiger partial charge on any atom is 0.416 e. The number of pyridine rings is 1. The van der Waals surface area contributed by atoms with Crippen LogP contribution in [-0.4, -0.2) is 25.0 Å². The van der Waals surface area contributed by atoms with Crippen molar-refractivity contribution in [2.75, 3.05) is 11.5 Å². The number of aromatic nitrogens is 1. The van der Waals surface area contributed by atoms with Crippen LogP contribution in [0.4, 0.5) is 23.2 Å². The topological polar surface area (TPSA) is 109 Å². The average molecular weight is 430 g/mol. The standard InChI is InChI=1S/C18H18F4N4O2S/c1-16(12-8-11(23)3-4-13(12)19)9-29(27,28)17(2,15(24)26-16)14-7-10(5-6-25-14)18(20,21)22/h3-8H,9,23H2,1-2H3,(H2,24,26)/t16-,17+/m0/s1. The molecule has 0 radical (unpaired) electrons. The minimum atomic E-state index is -4.71. The maximum absolute atomic E-state index is 14.4. The quantitative estimate of drug-likeness (QED) is 0.501. The van der Waals surface area contributed by atoms with Crippen LogP contribution in [-0.2, 0) is 26.3 Å². The van der Waals surface area contributed by atoms with Crippen LogP contribution in [0.5, 0.6) is 0 Å². The summed E-state index contributed by atoms with van der Waals surface area (Å²) in [6.07, 6.45) is -3.86. The largest absolute Gasteiger partial charge is 0.416 e. The maximum atomic E-state index is 14.4.